The lowest BCUT2D eigenvalue weighted by Crippen LogP contribution is -2.35. The van der Waals surface area contributed by atoms with Crippen molar-refractivity contribution in [3.8, 4) is 5.75 Å². The minimum Gasteiger partial charge on any atom is -0.434 e. The molecule has 1 saturated carbocycles. The first-order valence-electron chi connectivity index (χ1n) is 8.06. The van der Waals surface area contributed by atoms with Crippen molar-refractivity contribution in [3.63, 3.8) is 0 Å². The maximum Gasteiger partial charge on any atom is 0.387 e. The number of halogens is 2. The van der Waals surface area contributed by atoms with Gasteiger partial charge >= 0.3 is 6.61 Å². The van der Waals surface area contributed by atoms with Crippen molar-refractivity contribution in [1.82, 2.24) is 4.90 Å². The average molecular weight is 323 g/mol. The summed E-state index contributed by atoms with van der Waals surface area (Å²) in [4.78, 5) is 14.1. The third-order valence-corrected chi connectivity index (χ3v) is 4.26. The number of amides is 1. The Kier molecular flexibility index (Phi) is 6.56. The zero-order chi connectivity index (χ0) is 16.7. The topological polar surface area (TPSA) is 29.5 Å². The van der Waals surface area contributed by atoms with E-state index in [0.29, 0.717) is 5.56 Å². The van der Waals surface area contributed by atoms with Crippen molar-refractivity contribution in [3.05, 3.63) is 35.9 Å². The van der Waals surface area contributed by atoms with E-state index in [4.69, 9.17) is 0 Å². The average Bonchev–Trinajstić information content (AvgIpc) is 2.81. The lowest BCUT2D eigenvalue weighted by Gasteiger charge is -2.26. The molecule has 126 valence electrons. The minimum atomic E-state index is -2.88. The van der Waals surface area contributed by atoms with Crippen LogP contribution in [0.25, 0.3) is 6.08 Å². The second-order valence-electron chi connectivity index (χ2n) is 5.84. The monoisotopic (exact) mass is 323 g/mol. The highest BCUT2D eigenvalue weighted by Gasteiger charge is 2.19. The first-order chi connectivity index (χ1) is 11.1. The summed E-state index contributed by atoms with van der Waals surface area (Å²) in [6, 6.07) is 6.71. The number of hydrogen-bond acceptors (Lipinski definition) is 2. The second-order valence-corrected chi connectivity index (χ2v) is 5.84. The fourth-order valence-electron chi connectivity index (χ4n) is 2.93. The Bertz CT molecular complexity index is 538. The van der Waals surface area contributed by atoms with Crippen molar-refractivity contribution < 1.29 is 18.3 Å². The molecule has 1 aliphatic rings. The number of carbonyl (C=O) groups is 1. The predicted molar refractivity (Wildman–Crippen MR) is 86.4 cm³/mol. The Hall–Kier alpha value is -1.91. The van der Waals surface area contributed by atoms with Crippen molar-refractivity contribution in [2.75, 3.05) is 7.05 Å². The quantitative estimate of drug-likeness (QED) is 0.590. The van der Waals surface area contributed by atoms with Crippen LogP contribution in [0.4, 0.5) is 8.78 Å². The smallest absolute Gasteiger partial charge is 0.387 e. The van der Waals surface area contributed by atoms with E-state index >= 15 is 0 Å². The molecule has 0 aliphatic heterocycles. The van der Waals surface area contributed by atoms with E-state index < -0.39 is 6.61 Å². The summed E-state index contributed by atoms with van der Waals surface area (Å²) in [6.07, 6.45) is 9.78. The van der Waals surface area contributed by atoms with E-state index in [2.05, 4.69) is 4.74 Å². The van der Waals surface area contributed by atoms with Gasteiger partial charge in [0.05, 0.1) is 0 Å². The van der Waals surface area contributed by atoms with Gasteiger partial charge in [0.15, 0.2) is 0 Å². The first-order valence-corrected chi connectivity index (χ1v) is 8.06. The van der Waals surface area contributed by atoms with E-state index in [1.807, 2.05) is 7.05 Å². The first kappa shape index (κ1) is 17.4. The normalized spacial score (nSPS) is 16.5. The number of nitrogens with zero attached hydrogens (tertiary/aromatic N) is 1. The van der Waals surface area contributed by atoms with Gasteiger partial charge in [-0.2, -0.15) is 8.78 Å². The van der Waals surface area contributed by atoms with Gasteiger partial charge in [-0.3, -0.25) is 4.79 Å². The van der Waals surface area contributed by atoms with Crippen molar-refractivity contribution in [1.29, 1.82) is 0 Å². The summed E-state index contributed by atoms with van der Waals surface area (Å²) in [7, 11) is 1.81. The van der Waals surface area contributed by atoms with Crippen LogP contribution in [-0.2, 0) is 4.79 Å². The van der Waals surface area contributed by atoms with Crippen LogP contribution < -0.4 is 4.74 Å². The SMILES string of the molecule is CN(C(=O)/C=C/c1ccccc1OC(F)F)C1CCCCCC1. The van der Waals surface area contributed by atoms with Crippen LogP contribution in [0.5, 0.6) is 5.75 Å². The van der Waals surface area contributed by atoms with Crippen LogP contribution in [0.3, 0.4) is 0 Å². The largest absolute Gasteiger partial charge is 0.434 e. The van der Waals surface area contributed by atoms with E-state index in [9.17, 15) is 13.6 Å². The van der Waals surface area contributed by atoms with Gasteiger partial charge in [-0.25, -0.2) is 0 Å². The Morgan fingerprint density at radius 1 is 1.22 bits per heavy atom. The Morgan fingerprint density at radius 2 is 1.87 bits per heavy atom. The zero-order valence-corrected chi connectivity index (χ0v) is 13.4. The van der Waals surface area contributed by atoms with Crippen LogP contribution >= 0.6 is 0 Å². The number of hydrogen-bond donors (Lipinski definition) is 0. The van der Waals surface area contributed by atoms with Gasteiger partial charge in [0, 0.05) is 24.7 Å². The lowest BCUT2D eigenvalue weighted by atomic mass is 10.1. The molecule has 2 rings (SSSR count). The molecule has 0 radical (unpaired) electrons. The van der Waals surface area contributed by atoms with Gasteiger partial charge in [0.2, 0.25) is 5.91 Å². The third-order valence-electron chi connectivity index (χ3n) is 4.26. The Labute approximate surface area is 135 Å². The maximum atomic E-state index is 12.4. The molecule has 0 bridgehead atoms. The summed E-state index contributed by atoms with van der Waals surface area (Å²) < 4.78 is 29.2. The van der Waals surface area contributed by atoms with Crippen LogP contribution in [-0.4, -0.2) is 30.5 Å². The molecular weight excluding hydrogens is 300 g/mol. The fraction of sp³-hybridized carbons (Fsp3) is 0.500. The lowest BCUT2D eigenvalue weighted by molar-refractivity contribution is -0.126. The number of likely N-dealkylation sites (N-methyl/N-ethyl adjacent to an activating group) is 1. The van der Waals surface area contributed by atoms with Crippen LogP contribution in [0.2, 0.25) is 0 Å². The standard InChI is InChI=1S/C18H23F2NO2/c1-21(15-9-4-2-3-5-10-15)17(22)13-12-14-8-6-7-11-16(14)23-18(19)20/h6-8,11-13,15,18H,2-5,9-10H2,1H3/b13-12+. The molecule has 3 nitrogen and oxygen atoms in total. The Balaban J connectivity index is 2.02. The van der Waals surface area contributed by atoms with E-state index in [-0.39, 0.29) is 17.7 Å². The molecule has 1 amide bonds. The molecule has 0 unspecified atom stereocenters. The summed E-state index contributed by atoms with van der Waals surface area (Å²) in [5, 5.41) is 0. The van der Waals surface area contributed by atoms with E-state index in [0.717, 1.165) is 25.7 Å². The van der Waals surface area contributed by atoms with Crippen molar-refractivity contribution in [2.24, 2.45) is 0 Å². The molecule has 1 aromatic rings. The maximum absolute atomic E-state index is 12.4. The van der Waals surface area contributed by atoms with Gasteiger partial charge < -0.3 is 9.64 Å². The molecule has 1 aromatic carbocycles. The summed E-state index contributed by atoms with van der Waals surface area (Å²) in [5.41, 5.74) is 0.468. The zero-order valence-electron chi connectivity index (χ0n) is 13.4. The molecule has 5 heteroatoms. The molecule has 0 aromatic heterocycles. The molecule has 1 fully saturated rings. The van der Waals surface area contributed by atoms with Gasteiger partial charge in [0.1, 0.15) is 5.75 Å². The van der Waals surface area contributed by atoms with Crippen LogP contribution in [0.1, 0.15) is 44.1 Å². The number of carbonyl (C=O) groups excluding carboxylic acids is 1. The highest BCUT2D eigenvalue weighted by Crippen LogP contribution is 2.23. The number of ether oxygens (including phenoxy) is 1. The number of rotatable bonds is 5. The molecule has 0 heterocycles. The molecule has 23 heavy (non-hydrogen) atoms. The van der Waals surface area contributed by atoms with Gasteiger partial charge in [-0.05, 0) is 25.0 Å². The van der Waals surface area contributed by atoms with Gasteiger partial charge in [-0.1, -0.05) is 43.9 Å². The highest BCUT2D eigenvalue weighted by molar-refractivity contribution is 5.92. The molecule has 0 atom stereocenters. The Morgan fingerprint density at radius 3 is 2.52 bits per heavy atom. The van der Waals surface area contributed by atoms with E-state index in [1.54, 1.807) is 23.1 Å². The fourth-order valence-corrected chi connectivity index (χ4v) is 2.93. The predicted octanol–water partition coefficient (Wildman–Crippen LogP) is 4.48. The summed E-state index contributed by atoms with van der Waals surface area (Å²) >= 11 is 0. The van der Waals surface area contributed by atoms with Crippen LogP contribution in [0, 0.1) is 0 Å². The second kappa shape index (κ2) is 8.65. The molecule has 1 aliphatic carbocycles. The highest BCUT2D eigenvalue weighted by atomic mass is 19.3. The minimum absolute atomic E-state index is 0.0728. The summed E-state index contributed by atoms with van der Waals surface area (Å²) in [6.45, 7) is -2.88. The molecule has 0 saturated heterocycles. The van der Waals surface area contributed by atoms with Crippen molar-refractivity contribution in [2.45, 2.75) is 51.2 Å². The number of benzene rings is 1. The molecule has 0 N–H and O–H groups in total. The number of para-hydroxylation sites is 1. The van der Waals surface area contributed by atoms with E-state index in [1.165, 1.54) is 31.1 Å². The van der Waals surface area contributed by atoms with Gasteiger partial charge in [-0.15, -0.1) is 0 Å². The van der Waals surface area contributed by atoms with Crippen LogP contribution in [0.15, 0.2) is 30.3 Å². The number of alkyl halides is 2. The third kappa shape index (κ3) is 5.34. The van der Waals surface area contributed by atoms with Crippen molar-refractivity contribution >= 4 is 12.0 Å². The molecular formula is C18H23F2NO2. The van der Waals surface area contributed by atoms with Gasteiger partial charge in [0.25, 0.3) is 0 Å². The summed E-state index contributed by atoms with van der Waals surface area (Å²) in [5.74, 6) is -0.0348. The molecule has 0 spiro atoms.